The third-order valence-corrected chi connectivity index (χ3v) is 3.57. The molecule has 1 aromatic heterocycles. The zero-order chi connectivity index (χ0) is 15.6. The maximum atomic E-state index is 12.9. The van der Waals surface area contributed by atoms with Gasteiger partial charge in [-0.2, -0.15) is 18.2 Å². The van der Waals surface area contributed by atoms with E-state index in [4.69, 9.17) is 4.74 Å². The van der Waals surface area contributed by atoms with Gasteiger partial charge in [-0.05, 0) is 47.5 Å². The van der Waals surface area contributed by atoms with Crippen LogP contribution in [-0.2, 0) is 12.6 Å². The van der Waals surface area contributed by atoms with E-state index in [-0.39, 0.29) is 6.01 Å². The van der Waals surface area contributed by atoms with Crippen molar-refractivity contribution in [3.63, 3.8) is 0 Å². The molecule has 0 saturated heterocycles. The smallest absolute Gasteiger partial charge is 0.416 e. The number of alkyl halides is 3. The Bertz CT molecular complexity index is 638. The molecule has 1 aromatic carbocycles. The van der Waals surface area contributed by atoms with E-state index >= 15 is 0 Å². The van der Waals surface area contributed by atoms with Gasteiger partial charge in [0.1, 0.15) is 4.60 Å². The van der Waals surface area contributed by atoms with E-state index in [0.29, 0.717) is 23.3 Å². The van der Waals surface area contributed by atoms with Crippen LogP contribution < -0.4 is 4.74 Å². The van der Waals surface area contributed by atoms with Crippen LogP contribution in [0.5, 0.6) is 6.01 Å². The third-order valence-electron chi connectivity index (χ3n) is 2.93. The lowest BCUT2D eigenvalue weighted by Crippen LogP contribution is -2.08. The van der Waals surface area contributed by atoms with Crippen LogP contribution in [0.4, 0.5) is 13.2 Å². The Morgan fingerprint density at radius 2 is 2.00 bits per heavy atom. The van der Waals surface area contributed by atoms with Crippen molar-refractivity contribution in [3.8, 4) is 11.7 Å². The van der Waals surface area contributed by atoms with Gasteiger partial charge >= 0.3 is 12.2 Å². The van der Waals surface area contributed by atoms with Crippen LogP contribution in [0.3, 0.4) is 0 Å². The fourth-order valence-corrected chi connectivity index (χ4v) is 2.63. The summed E-state index contributed by atoms with van der Waals surface area (Å²) in [6, 6.07) is 5.39. The van der Waals surface area contributed by atoms with E-state index < -0.39 is 11.7 Å². The van der Waals surface area contributed by atoms with Crippen molar-refractivity contribution < 1.29 is 17.9 Å². The summed E-state index contributed by atoms with van der Waals surface area (Å²) in [6.45, 7) is 4.08. The molecule has 0 fully saturated rings. The highest BCUT2D eigenvalue weighted by Crippen LogP contribution is 2.33. The summed E-state index contributed by atoms with van der Waals surface area (Å²) in [6.07, 6.45) is -3.77. The minimum Gasteiger partial charge on any atom is -0.465 e. The first kappa shape index (κ1) is 15.9. The number of nitrogens with zero attached hydrogens (tertiary/aromatic N) is 2. The summed E-state index contributed by atoms with van der Waals surface area (Å²) < 4.78 is 46.2. The number of hydrogen-bond donors (Lipinski definition) is 0. The summed E-state index contributed by atoms with van der Waals surface area (Å²) >= 11 is 3.32. The van der Waals surface area contributed by atoms with E-state index in [0.717, 1.165) is 17.8 Å². The van der Waals surface area contributed by atoms with Gasteiger partial charge in [0, 0.05) is 0 Å². The van der Waals surface area contributed by atoms with Crippen molar-refractivity contribution >= 4 is 15.9 Å². The van der Waals surface area contributed by atoms with Crippen LogP contribution >= 0.6 is 15.9 Å². The summed E-state index contributed by atoms with van der Waals surface area (Å²) in [5, 5.41) is 0. The molecule has 2 aromatic rings. The summed E-state index contributed by atoms with van der Waals surface area (Å²) in [5.41, 5.74) is 0.440. The van der Waals surface area contributed by atoms with E-state index in [2.05, 4.69) is 20.9 Å². The van der Waals surface area contributed by atoms with Crippen molar-refractivity contribution in [3.05, 3.63) is 40.1 Å². The molecule has 114 valence electrons. The molecule has 21 heavy (non-hydrogen) atoms. The minimum atomic E-state index is -4.38. The highest BCUT2D eigenvalue weighted by Gasteiger charge is 2.31. The predicted octanol–water partition coefficient (Wildman–Crippen LogP) is 4.61. The van der Waals surface area contributed by atoms with Crippen LogP contribution in [0.15, 0.2) is 28.9 Å². The van der Waals surface area contributed by atoms with Gasteiger partial charge in [-0.3, -0.25) is 4.57 Å². The molecule has 0 spiro atoms. The van der Waals surface area contributed by atoms with Gasteiger partial charge < -0.3 is 4.74 Å². The molecule has 0 aliphatic carbocycles. The van der Waals surface area contributed by atoms with E-state index in [1.54, 1.807) is 17.6 Å². The monoisotopic (exact) mass is 362 g/mol. The maximum Gasteiger partial charge on any atom is 0.416 e. The summed E-state index contributed by atoms with van der Waals surface area (Å²) in [7, 11) is 0. The Morgan fingerprint density at radius 1 is 1.29 bits per heavy atom. The van der Waals surface area contributed by atoms with Crippen LogP contribution in [0, 0.1) is 0 Å². The Hall–Kier alpha value is -1.50. The second kappa shape index (κ2) is 6.09. The Labute approximate surface area is 128 Å². The van der Waals surface area contributed by atoms with Crippen LogP contribution in [-0.4, -0.2) is 16.2 Å². The number of rotatable bonds is 4. The molecule has 7 heteroatoms. The highest BCUT2D eigenvalue weighted by atomic mass is 79.9. The van der Waals surface area contributed by atoms with Crippen LogP contribution in [0.2, 0.25) is 0 Å². The van der Waals surface area contributed by atoms with E-state index in [9.17, 15) is 13.2 Å². The van der Waals surface area contributed by atoms with Crippen molar-refractivity contribution in [2.24, 2.45) is 0 Å². The quantitative estimate of drug-likeness (QED) is 0.793. The molecule has 0 aliphatic heterocycles. The van der Waals surface area contributed by atoms with Crippen LogP contribution in [0.25, 0.3) is 5.69 Å². The molecule has 0 unspecified atom stereocenters. The normalized spacial score (nSPS) is 11.7. The predicted molar refractivity (Wildman–Crippen MR) is 76.8 cm³/mol. The number of aromatic nitrogens is 2. The lowest BCUT2D eigenvalue weighted by atomic mass is 10.2. The van der Waals surface area contributed by atoms with Gasteiger partial charge in [-0.25, -0.2) is 0 Å². The number of ether oxygens (including phenoxy) is 1. The van der Waals surface area contributed by atoms with Crippen molar-refractivity contribution in [1.82, 2.24) is 9.55 Å². The Balaban J connectivity index is 2.60. The van der Waals surface area contributed by atoms with E-state index in [1.165, 1.54) is 6.07 Å². The molecule has 0 radical (unpaired) electrons. The molecule has 0 N–H and O–H groups in total. The Kier molecular flexibility index (Phi) is 4.61. The van der Waals surface area contributed by atoms with Gasteiger partial charge in [0.25, 0.3) is 0 Å². The van der Waals surface area contributed by atoms with Gasteiger partial charge in [0.05, 0.1) is 23.6 Å². The fourth-order valence-electron chi connectivity index (χ4n) is 2.02. The second-order valence-corrected chi connectivity index (χ2v) is 5.05. The summed E-state index contributed by atoms with van der Waals surface area (Å²) in [4.78, 5) is 4.22. The molecule has 3 nitrogen and oxygen atoms in total. The van der Waals surface area contributed by atoms with Gasteiger partial charge in [0.2, 0.25) is 0 Å². The minimum absolute atomic E-state index is 0.278. The lowest BCUT2D eigenvalue weighted by Gasteiger charge is -2.13. The first-order chi connectivity index (χ1) is 9.88. The molecule has 1 heterocycles. The zero-order valence-corrected chi connectivity index (χ0v) is 13.1. The second-order valence-electron chi connectivity index (χ2n) is 4.30. The maximum absolute atomic E-state index is 12.9. The molecule has 0 bridgehead atoms. The molecule has 2 rings (SSSR count). The summed E-state index contributed by atoms with van der Waals surface area (Å²) in [5.74, 6) is 0. The largest absolute Gasteiger partial charge is 0.465 e. The molecular weight excluding hydrogens is 349 g/mol. The number of halogens is 4. The van der Waals surface area contributed by atoms with E-state index in [1.807, 2.05) is 6.92 Å². The number of hydrogen-bond acceptors (Lipinski definition) is 2. The van der Waals surface area contributed by atoms with Crippen molar-refractivity contribution in [2.75, 3.05) is 6.61 Å². The Morgan fingerprint density at radius 3 is 2.57 bits per heavy atom. The lowest BCUT2D eigenvalue weighted by molar-refractivity contribution is -0.137. The standard InChI is InChI=1S/C14H14BrF3N2O/c1-3-11-12(15)19-13(21-4-2)20(11)10-7-5-6-9(8-10)14(16,17)18/h5-8H,3-4H2,1-2H3. The third kappa shape index (κ3) is 3.23. The molecule has 0 aliphatic rings. The topological polar surface area (TPSA) is 27.1 Å². The first-order valence-electron chi connectivity index (χ1n) is 6.46. The van der Waals surface area contributed by atoms with Crippen molar-refractivity contribution in [1.29, 1.82) is 0 Å². The molecule has 0 saturated carbocycles. The molecule has 0 amide bonds. The highest BCUT2D eigenvalue weighted by molar-refractivity contribution is 9.10. The van der Waals surface area contributed by atoms with Gasteiger partial charge in [-0.1, -0.05) is 13.0 Å². The fraction of sp³-hybridized carbons (Fsp3) is 0.357. The SMILES string of the molecule is CCOc1nc(Br)c(CC)n1-c1cccc(C(F)(F)F)c1. The van der Waals surface area contributed by atoms with Gasteiger partial charge in [0.15, 0.2) is 0 Å². The number of imidazole rings is 1. The first-order valence-corrected chi connectivity index (χ1v) is 7.25. The molecular formula is C14H14BrF3N2O. The molecule has 0 atom stereocenters. The van der Waals surface area contributed by atoms with Crippen LogP contribution in [0.1, 0.15) is 25.1 Å². The zero-order valence-electron chi connectivity index (χ0n) is 11.5. The average molecular weight is 363 g/mol. The van der Waals surface area contributed by atoms with Crippen molar-refractivity contribution in [2.45, 2.75) is 26.4 Å². The number of benzene rings is 1. The average Bonchev–Trinajstić information content (AvgIpc) is 2.74. The van der Waals surface area contributed by atoms with Gasteiger partial charge in [-0.15, -0.1) is 0 Å².